The van der Waals surface area contributed by atoms with Crippen molar-refractivity contribution in [1.29, 1.82) is 0 Å². The van der Waals surface area contributed by atoms with Crippen LogP contribution in [0.1, 0.15) is 46.5 Å². The molecule has 110 valence electrons. The zero-order chi connectivity index (χ0) is 13.0. The Morgan fingerprint density at radius 3 is 2.37 bits per heavy atom. The van der Waals surface area contributed by atoms with Gasteiger partial charge in [-0.15, -0.1) is 12.4 Å². The minimum atomic E-state index is -0.0994. The Balaban J connectivity index is 0.00000133. The second kappa shape index (κ2) is 4.90. The molecule has 4 nitrogen and oxygen atoms in total. The molecule has 3 heterocycles. The summed E-state index contributed by atoms with van der Waals surface area (Å²) in [5.41, 5.74) is -0.184. The maximum atomic E-state index is 12.0. The summed E-state index contributed by atoms with van der Waals surface area (Å²) in [5, 5.41) is 3.64. The summed E-state index contributed by atoms with van der Waals surface area (Å²) >= 11 is 0. The van der Waals surface area contributed by atoms with E-state index in [-0.39, 0.29) is 36.1 Å². The molecule has 3 saturated heterocycles. The largest absolute Gasteiger partial charge is 0.363 e. The van der Waals surface area contributed by atoms with E-state index in [4.69, 9.17) is 4.74 Å². The van der Waals surface area contributed by atoms with Crippen LogP contribution in [0, 0.1) is 0 Å². The Labute approximate surface area is 121 Å². The lowest BCUT2D eigenvalue weighted by atomic mass is 9.84. The molecular formula is C14H25ClN2O2. The number of carbonyl (C=O) groups excluding carboxylic acids is 1. The number of nitrogens with zero attached hydrogens (tertiary/aromatic N) is 1. The average molecular weight is 289 g/mol. The van der Waals surface area contributed by atoms with Gasteiger partial charge in [-0.05, 0) is 46.5 Å². The molecule has 1 N–H and O–H groups in total. The fraction of sp³-hybridized carbons (Fsp3) is 0.929. The maximum Gasteiger partial charge on any atom is 0.249 e. The van der Waals surface area contributed by atoms with E-state index >= 15 is 0 Å². The van der Waals surface area contributed by atoms with Gasteiger partial charge in [-0.2, -0.15) is 0 Å². The molecule has 1 spiro atoms. The van der Waals surface area contributed by atoms with E-state index in [2.05, 4.69) is 26.1 Å². The van der Waals surface area contributed by atoms with E-state index in [0.29, 0.717) is 12.1 Å². The van der Waals surface area contributed by atoms with Gasteiger partial charge < -0.3 is 15.0 Å². The highest BCUT2D eigenvalue weighted by molar-refractivity contribution is 5.85. The molecule has 3 aliphatic rings. The normalized spacial score (nSPS) is 38.5. The molecule has 3 rings (SSSR count). The van der Waals surface area contributed by atoms with Crippen molar-refractivity contribution in [3.63, 3.8) is 0 Å². The van der Waals surface area contributed by atoms with Crippen molar-refractivity contribution < 1.29 is 9.53 Å². The van der Waals surface area contributed by atoms with Crippen LogP contribution < -0.4 is 5.32 Å². The number of piperidine rings is 1. The van der Waals surface area contributed by atoms with Crippen molar-refractivity contribution in [3.8, 4) is 0 Å². The van der Waals surface area contributed by atoms with E-state index < -0.39 is 0 Å². The molecule has 0 aromatic heterocycles. The second-order valence-electron chi connectivity index (χ2n) is 7.17. The molecule has 2 atom stereocenters. The van der Waals surface area contributed by atoms with Gasteiger partial charge in [-0.25, -0.2) is 0 Å². The average Bonchev–Trinajstić information content (AvgIpc) is 2.61. The number of nitrogens with one attached hydrogen (secondary N) is 1. The fourth-order valence-electron chi connectivity index (χ4n) is 3.78. The van der Waals surface area contributed by atoms with Gasteiger partial charge in [0.1, 0.15) is 6.61 Å². The lowest BCUT2D eigenvalue weighted by Crippen LogP contribution is -2.64. The van der Waals surface area contributed by atoms with Crippen LogP contribution in [0.3, 0.4) is 0 Å². The monoisotopic (exact) mass is 288 g/mol. The number of fused-ring (bicyclic) bond motifs is 2. The number of hydrogen-bond acceptors (Lipinski definition) is 3. The first-order valence-corrected chi connectivity index (χ1v) is 7.08. The van der Waals surface area contributed by atoms with E-state index in [9.17, 15) is 4.79 Å². The van der Waals surface area contributed by atoms with Gasteiger partial charge in [0.15, 0.2) is 0 Å². The first-order chi connectivity index (χ1) is 8.38. The summed E-state index contributed by atoms with van der Waals surface area (Å²) in [6, 6.07) is 1.19. The Kier molecular flexibility index (Phi) is 3.89. The smallest absolute Gasteiger partial charge is 0.249 e. The van der Waals surface area contributed by atoms with E-state index in [0.717, 1.165) is 19.4 Å². The number of halogens is 1. The van der Waals surface area contributed by atoms with Gasteiger partial charge in [0.25, 0.3) is 0 Å². The minimum absolute atomic E-state index is 0. The molecule has 0 saturated carbocycles. The summed E-state index contributed by atoms with van der Waals surface area (Å²) in [7, 11) is 0. The summed E-state index contributed by atoms with van der Waals surface area (Å²) in [6.07, 6.45) is 4.64. The van der Waals surface area contributed by atoms with Crippen LogP contribution in [0.5, 0.6) is 0 Å². The molecule has 2 unspecified atom stereocenters. The summed E-state index contributed by atoms with van der Waals surface area (Å²) in [4.78, 5) is 14.0. The number of carbonyl (C=O) groups is 1. The van der Waals surface area contributed by atoms with Crippen LogP contribution in [0.2, 0.25) is 0 Å². The number of amides is 1. The highest BCUT2D eigenvalue weighted by atomic mass is 35.5. The van der Waals surface area contributed by atoms with Crippen LogP contribution in [-0.2, 0) is 9.53 Å². The molecular weight excluding hydrogens is 264 g/mol. The van der Waals surface area contributed by atoms with Crippen LogP contribution in [0.4, 0.5) is 0 Å². The lowest BCUT2D eigenvalue weighted by Gasteiger charge is -2.50. The third-order valence-electron chi connectivity index (χ3n) is 4.63. The standard InChI is InChI=1S/C14H24N2O2.ClH/c1-13(2,3)16-9-14(18-8-12(16)17)6-10-4-5-11(7-14)15-10;/h10-11,15H,4-9H2,1-3H3;1H. The van der Waals surface area contributed by atoms with Gasteiger partial charge in [0, 0.05) is 17.6 Å². The predicted molar refractivity (Wildman–Crippen MR) is 76.6 cm³/mol. The van der Waals surface area contributed by atoms with Crippen LogP contribution in [0.15, 0.2) is 0 Å². The molecule has 5 heteroatoms. The molecule has 0 aromatic rings. The third-order valence-corrected chi connectivity index (χ3v) is 4.63. The SMILES string of the molecule is CC(C)(C)N1CC2(CC3CCC(C2)N3)OCC1=O.Cl. The summed E-state index contributed by atoms with van der Waals surface area (Å²) < 4.78 is 5.99. The summed E-state index contributed by atoms with van der Waals surface area (Å²) in [5.74, 6) is 0.138. The quantitative estimate of drug-likeness (QED) is 0.738. The van der Waals surface area contributed by atoms with Gasteiger partial charge in [0.2, 0.25) is 5.91 Å². The molecule has 0 aromatic carbocycles. The van der Waals surface area contributed by atoms with Gasteiger partial charge in [0.05, 0.1) is 12.1 Å². The topological polar surface area (TPSA) is 41.6 Å². The Hall–Kier alpha value is -0.320. The molecule has 0 aliphatic carbocycles. The zero-order valence-corrected chi connectivity index (χ0v) is 12.9. The molecule has 0 radical (unpaired) electrons. The Morgan fingerprint density at radius 2 is 1.84 bits per heavy atom. The number of rotatable bonds is 0. The molecule has 3 fully saturated rings. The fourth-order valence-corrected chi connectivity index (χ4v) is 3.78. The highest BCUT2D eigenvalue weighted by Crippen LogP contribution is 2.39. The van der Waals surface area contributed by atoms with Crippen LogP contribution >= 0.6 is 12.4 Å². The highest BCUT2D eigenvalue weighted by Gasteiger charge is 2.49. The molecule has 3 aliphatic heterocycles. The zero-order valence-electron chi connectivity index (χ0n) is 12.1. The van der Waals surface area contributed by atoms with Crippen LogP contribution in [0.25, 0.3) is 0 Å². The summed E-state index contributed by atoms with van der Waals surface area (Å²) in [6.45, 7) is 7.36. The second-order valence-corrected chi connectivity index (χ2v) is 7.17. The van der Waals surface area contributed by atoms with Gasteiger partial charge in [-0.3, -0.25) is 4.79 Å². The first kappa shape index (κ1) is 15.1. The first-order valence-electron chi connectivity index (χ1n) is 7.08. The van der Waals surface area contributed by atoms with Gasteiger partial charge in [-0.1, -0.05) is 0 Å². The molecule has 19 heavy (non-hydrogen) atoms. The molecule has 2 bridgehead atoms. The number of ether oxygens (including phenoxy) is 1. The van der Waals surface area contributed by atoms with E-state index in [1.165, 1.54) is 12.8 Å². The van der Waals surface area contributed by atoms with E-state index in [1.807, 2.05) is 4.90 Å². The Bertz CT molecular complexity index is 355. The Morgan fingerprint density at radius 1 is 1.26 bits per heavy atom. The van der Waals surface area contributed by atoms with Crippen LogP contribution in [-0.4, -0.2) is 47.2 Å². The lowest BCUT2D eigenvalue weighted by molar-refractivity contribution is -0.179. The minimum Gasteiger partial charge on any atom is -0.363 e. The van der Waals surface area contributed by atoms with Crippen molar-refractivity contribution >= 4 is 18.3 Å². The van der Waals surface area contributed by atoms with Gasteiger partial charge >= 0.3 is 0 Å². The third kappa shape index (κ3) is 2.76. The van der Waals surface area contributed by atoms with E-state index in [1.54, 1.807) is 0 Å². The van der Waals surface area contributed by atoms with Crippen molar-refractivity contribution in [2.75, 3.05) is 13.2 Å². The molecule has 1 amide bonds. The predicted octanol–water partition coefficient (Wildman–Crippen LogP) is 1.72. The number of hydrogen-bond donors (Lipinski definition) is 1. The maximum absolute atomic E-state index is 12.0. The van der Waals surface area contributed by atoms with Crippen molar-refractivity contribution in [1.82, 2.24) is 10.2 Å². The van der Waals surface area contributed by atoms with Crippen molar-refractivity contribution in [2.24, 2.45) is 0 Å². The van der Waals surface area contributed by atoms with Crippen molar-refractivity contribution in [2.45, 2.75) is 69.7 Å². The van der Waals surface area contributed by atoms with Crippen molar-refractivity contribution in [3.05, 3.63) is 0 Å². The number of morpholine rings is 1.